The van der Waals surface area contributed by atoms with Crippen LogP contribution in [0.3, 0.4) is 0 Å². The van der Waals surface area contributed by atoms with Crippen LogP contribution in [0.4, 0.5) is 0 Å². The van der Waals surface area contributed by atoms with Crippen molar-refractivity contribution in [3.05, 3.63) is 0 Å². The molecule has 1 aliphatic rings. The van der Waals surface area contributed by atoms with E-state index < -0.39 is 24.7 Å². The third kappa shape index (κ3) is 5.30. The van der Waals surface area contributed by atoms with Crippen LogP contribution in [0.25, 0.3) is 0 Å². The first-order valence-corrected chi connectivity index (χ1v) is 19.1. The molecule has 0 aromatic heterocycles. The van der Waals surface area contributed by atoms with Gasteiger partial charge in [-0.05, 0) is 38.8 Å². The van der Waals surface area contributed by atoms with Crippen LogP contribution >= 0.6 is 0 Å². The maximum atomic E-state index is 3.05. The summed E-state index contributed by atoms with van der Waals surface area (Å²) < 4.78 is 5.79. The minimum Gasteiger partial charge on any atom is -0.343 e. The molecule has 1 aliphatic carbocycles. The quantitative estimate of drug-likeness (QED) is 0.645. The zero-order chi connectivity index (χ0) is 16.6. The van der Waals surface area contributed by atoms with Crippen molar-refractivity contribution in [2.45, 2.75) is 96.7 Å². The second-order valence-corrected chi connectivity index (χ2v) is 25.1. The van der Waals surface area contributed by atoms with Gasteiger partial charge in [-0.3, -0.25) is 0 Å². The summed E-state index contributed by atoms with van der Waals surface area (Å²) in [5.74, 6) is 0. The van der Waals surface area contributed by atoms with Gasteiger partial charge in [0.05, 0.1) is 0 Å². The molecule has 0 heterocycles. The maximum absolute atomic E-state index is 3.05. The Bertz CT molecular complexity index is 317. The van der Waals surface area contributed by atoms with Gasteiger partial charge in [0.2, 0.25) is 0 Å². The van der Waals surface area contributed by atoms with E-state index in [0.29, 0.717) is 0 Å². The lowest BCUT2D eigenvalue weighted by atomic mass is 9.92. The van der Waals surface area contributed by atoms with E-state index in [2.05, 4.69) is 74.8 Å². The van der Waals surface area contributed by atoms with E-state index in [4.69, 9.17) is 0 Å². The maximum Gasteiger partial charge on any atom is 0.119 e. The lowest BCUT2D eigenvalue weighted by Crippen LogP contribution is -2.64. The van der Waals surface area contributed by atoms with E-state index in [9.17, 15) is 0 Å². The summed E-state index contributed by atoms with van der Waals surface area (Å²) in [5.41, 5.74) is 0. The van der Waals surface area contributed by atoms with Crippen LogP contribution in [0.5, 0.6) is 0 Å². The first kappa shape index (κ1) is 19.6. The second-order valence-electron chi connectivity index (χ2n) is 9.96. The number of hydrogen-bond donors (Lipinski definition) is 0. The van der Waals surface area contributed by atoms with Crippen LogP contribution < -0.4 is 0 Å². The Morgan fingerprint density at radius 2 is 0.905 bits per heavy atom. The molecule has 0 N–H and O–H groups in total. The zero-order valence-electron chi connectivity index (χ0n) is 16.4. The number of hydrogen-bond acceptors (Lipinski definition) is 2. The van der Waals surface area contributed by atoms with Crippen molar-refractivity contribution in [1.29, 1.82) is 0 Å². The van der Waals surface area contributed by atoms with Crippen LogP contribution in [-0.4, -0.2) is 52.6 Å². The number of rotatable bonds is 5. The van der Waals surface area contributed by atoms with Gasteiger partial charge in [0, 0.05) is 6.04 Å². The Hall–Kier alpha value is 0.571. The molecule has 2 nitrogen and oxygen atoms in total. The topological polar surface area (TPSA) is 6.48 Å². The summed E-state index contributed by atoms with van der Waals surface area (Å²) in [4.78, 5) is 0. The highest BCUT2D eigenvalue weighted by molar-refractivity contribution is 6.89. The fourth-order valence-electron chi connectivity index (χ4n) is 4.35. The van der Waals surface area contributed by atoms with E-state index in [1.54, 1.807) is 0 Å². The molecule has 1 saturated carbocycles. The normalized spacial score (nSPS) is 25.7. The number of nitrogens with zero attached hydrogens (tertiary/aromatic N) is 2. The molecule has 0 saturated heterocycles. The molecular formula is C16H40N2Si3. The summed E-state index contributed by atoms with van der Waals surface area (Å²) in [7, 11) is -1.16. The molecule has 0 aromatic carbocycles. The van der Waals surface area contributed by atoms with Crippen molar-refractivity contribution in [3.8, 4) is 0 Å². The van der Waals surface area contributed by atoms with Crippen LogP contribution in [0.1, 0.15) is 25.7 Å². The highest BCUT2D eigenvalue weighted by atomic mass is 28.4. The van der Waals surface area contributed by atoms with Gasteiger partial charge in [-0.15, -0.1) is 0 Å². The smallest absolute Gasteiger partial charge is 0.119 e. The molecule has 1 fully saturated rings. The Balaban J connectivity index is 2.75. The molecule has 126 valence electrons. The minimum absolute atomic E-state index is 0.845. The first-order valence-electron chi connectivity index (χ1n) is 8.77. The van der Waals surface area contributed by atoms with Crippen LogP contribution in [-0.2, 0) is 0 Å². The third-order valence-corrected chi connectivity index (χ3v) is 15.2. The SMILES string of the molecule is CN(C1CCC(N([Si](C)(C)C)[Si](C)(C)C)CC1)[Si](C)(C)C. The predicted molar refractivity (Wildman–Crippen MR) is 106 cm³/mol. The predicted octanol–water partition coefficient (Wildman–Crippen LogP) is 5.04. The van der Waals surface area contributed by atoms with Crippen molar-refractivity contribution in [2.75, 3.05) is 7.05 Å². The molecule has 0 radical (unpaired) electrons. The molecule has 5 heteroatoms. The Morgan fingerprint density at radius 1 is 0.571 bits per heavy atom. The Kier molecular flexibility index (Phi) is 6.16. The molecule has 0 aromatic rings. The van der Waals surface area contributed by atoms with Crippen molar-refractivity contribution >= 4 is 24.7 Å². The lowest BCUT2D eigenvalue weighted by Gasteiger charge is -2.52. The average Bonchev–Trinajstić information content (AvgIpc) is 2.24. The fraction of sp³-hybridized carbons (Fsp3) is 1.00. The van der Waals surface area contributed by atoms with Crippen molar-refractivity contribution < 1.29 is 0 Å². The second kappa shape index (κ2) is 6.59. The van der Waals surface area contributed by atoms with Crippen LogP contribution in [0.2, 0.25) is 58.9 Å². The standard InChI is InChI=1S/C16H40N2Si3/c1-17(19(2,3)4)15-11-13-16(14-12-15)18(20(5,6)7)21(8,9)10/h15-16H,11-14H2,1-10H3. The van der Waals surface area contributed by atoms with Gasteiger partial charge in [0.25, 0.3) is 0 Å². The van der Waals surface area contributed by atoms with Crippen molar-refractivity contribution in [3.63, 3.8) is 0 Å². The van der Waals surface area contributed by atoms with Gasteiger partial charge in [-0.1, -0.05) is 58.9 Å². The van der Waals surface area contributed by atoms with Crippen LogP contribution in [0.15, 0.2) is 0 Å². The molecule has 1 rings (SSSR count). The van der Waals surface area contributed by atoms with Gasteiger partial charge in [0.15, 0.2) is 0 Å². The molecule has 0 spiro atoms. The fourth-order valence-corrected chi connectivity index (χ4v) is 16.5. The van der Waals surface area contributed by atoms with Crippen molar-refractivity contribution in [1.82, 2.24) is 8.80 Å². The molecule has 0 unspecified atom stereocenters. The Morgan fingerprint density at radius 3 is 1.19 bits per heavy atom. The third-order valence-electron chi connectivity index (χ3n) is 5.08. The lowest BCUT2D eigenvalue weighted by molar-refractivity contribution is 0.224. The highest BCUT2D eigenvalue weighted by Gasteiger charge is 2.41. The van der Waals surface area contributed by atoms with E-state index in [-0.39, 0.29) is 0 Å². The largest absolute Gasteiger partial charge is 0.343 e. The van der Waals surface area contributed by atoms with Gasteiger partial charge < -0.3 is 8.80 Å². The van der Waals surface area contributed by atoms with Gasteiger partial charge >= 0.3 is 0 Å². The van der Waals surface area contributed by atoms with Gasteiger partial charge in [-0.25, -0.2) is 0 Å². The summed E-state index contributed by atoms with van der Waals surface area (Å²) in [6.45, 7) is 22.7. The van der Waals surface area contributed by atoms with Gasteiger partial charge in [-0.2, -0.15) is 0 Å². The van der Waals surface area contributed by atoms with Crippen molar-refractivity contribution in [2.24, 2.45) is 0 Å². The van der Waals surface area contributed by atoms with Crippen LogP contribution in [0, 0.1) is 0 Å². The van der Waals surface area contributed by atoms with E-state index in [0.717, 1.165) is 12.1 Å². The summed E-state index contributed by atoms with van der Waals surface area (Å²) in [5, 5.41) is 0. The molecule has 0 bridgehead atoms. The molecular weight excluding hydrogens is 304 g/mol. The minimum atomic E-state index is -1.21. The zero-order valence-corrected chi connectivity index (χ0v) is 19.4. The Labute approximate surface area is 137 Å². The molecule has 0 atom stereocenters. The van der Waals surface area contributed by atoms with Gasteiger partial charge in [0.1, 0.15) is 24.7 Å². The summed E-state index contributed by atoms with van der Waals surface area (Å²) >= 11 is 0. The molecule has 21 heavy (non-hydrogen) atoms. The first-order chi connectivity index (χ1) is 9.24. The van der Waals surface area contributed by atoms with E-state index in [1.165, 1.54) is 25.7 Å². The monoisotopic (exact) mass is 344 g/mol. The molecule has 0 aliphatic heterocycles. The summed E-state index contributed by atoms with van der Waals surface area (Å²) in [6.07, 6.45) is 5.68. The van der Waals surface area contributed by atoms with E-state index in [1.807, 2.05) is 0 Å². The summed E-state index contributed by atoms with van der Waals surface area (Å²) in [6, 6.07) is 1.72. The molecule has 0 amide bonds. The van der Waals surface area contributed by atoms with E-state index >= 15 is 0 Å². The highest BCUT2D eigenvalue weighted by Crippen LogP contribution is 2.33. The average molecular weight is 345 g/mol.